The highest BCUT2D eigenvalue weighted by Crippen LogP contribution is 2.30. The lowest BCUT2D eigenvalue weighted by Crippen LogP contribution is -2.38. The molecule has 1 aliphatic rings. The fourth-order valence-electron chi connectivity index (χ4n) is 5.90. The number of amides is 3. The van der Waals surface area contributed by atoms with Gasteiger partial charge in [0.15, 0.2) is 6.02 Å². The van der Waals surface area contributed by atoms with Crippen LogP contribution in [0.1, 0.15) is 64.1 Å². The molecule has 1 saturated heterocycles. The van der Waals surface area contributed by atoms with Gasteiger partial charge in [0.1, 0.15) is 12.6 Å². The summed E-state index contributed by atoms with van der Waals surface area (Å²) < 4.78 is 23.3. The van der Waals surface area contributed by atoms with Gasteiger partial charge in [-0.15, -0.1) is 0 Å². The largest absolute Gasteiger partial charge is 0.480 e. The van der Waals surface area contributed by atoms with Crippen molar-refractivity contribution in [3.05, 3.63) is 138 Å². The van der Waals surface area contributed by atoms with Gasteiger partial charge in [-0.05, 0) is 42.0 Å². The van der Waals surface area contributed by atoms with E-state index in [2.05, 4.69) is 15.6 Å². The SMILES string of the molecule is [2H][C@H](C(=O)N1C(=O)OC[C@H]1c1ccccc1)[C@@H](C)[C@]([2H])(N=C(c1ccccc1)c1ccccc1NC(=O)C[C@@H](C)CCNCc1ccccc1)C(=O)O. The van der Waals surface area contributed by atoms with E-state index >= 15 is 0 Å². The summed E-state index contributed by atoms with van der Waals surface area (Å²) in [4.78, 5) is 58.1. The Morgan fingerprint density at radius 1 is 0.941 bits per heavy atom. The first kappa shape index (κ1) is 33.9. The number of carbonyl (C=O) groups is 4. The monoisotopic (exact) mass is 690 g/mol. The molecule has 3 amide bonds. The zero-order chi connectivity index (χ0) is 38.0. The fraction of sp³-hybridized carbons (Fsp3) is 0.293. The number of carboxylic acid groups (broad SMARTS) is 1. The minimum absolute atomic E-state index is 0.0577. The number of carbonyl (C=O) groups excluding carboxylic acids is 3. The fourth-order valence-corrected chi connectivity index (χ4v) is 5.90. The van der Waals surface area contributed by atoms with Gasteiger partial charge < -0.3 is 20.5 Å². The van der Waals surface area contributed by atoms with Crippen molar-refractivity contribution in [3.8, 4) is 0 Å². The number of carboxylic acids is 1. The van der Waals surface area contributed by atoms with Crippen LogP contribution in [-0.4, -0.2) is 58.8 Å². The zero-order valence-corrected chi connectivity index (χ0v) is 28.7. The Bertz CT molecular complexity index is 1910. The number of ether oxygens (including phenoxy) is 1. The summed E-state index contributed by atoms with van der Waals surface area (Å²) >= 11 is 0. The Labute approximate surface area is 301 Å². The van der Waals surface area contributed by atoms with E-state index in [0.717, 1.165) is 24.4 Å². The van der Waals surface area contributed by atoms with Gasteiger partial charge in [0.25, 0.3) is 0 Å². The molecule has 1 fully saturated rings. The Hall–Kier alpha value is -5.61. The summed E-state index contributed by atoms with van der Waals surface area (Å²) in [6.45, 7) is 4.62. The van der Waals surface area contributed by atoms with E-state index in [4.69, 9.17) is 6.11 Å². The van der Waals surface area contributed by atoms with E-state index < -0.39 is 42.3 Å². The molecule has 5 atom stereocenters. The quantitative estimate of drug-likeness (QED) is 0.0862. The van der Waals surface area contributed by atoms with Crippen LogP contribution >= 0.6 is 0 Å². The maximum absolute atomic E-state index is 13.7. The highest BCUT2D eigenvalue weighted by Gasteiger charge is 2.40. The zero-order valence-electron chi connectivity index (χ0n) is 30.7. The van der Waals surface area contributed by atoms with Crippen molar-refractivity contribution in [1.82, 2.24) is 10.2 Å². The number of aliphatic imine (C=N–C) groups is 1. The molecule has 5 rings (SSSR count). The molecule has 0 radical (unpaired) electrons. The Morgan fingerprint density at radius 2 is 1.57 bits per heavy atom. The number of hydrogen-bond donors (Lipinski definition) is 3. The molecule has 4 aromatic carbocycles. The first-order chi connectivity index (χ1) is 25.5. The van der Waals surface area contributed by atoms with Crippen LogP contribution < -0.4 is 10.6 Å². The summed E-state index contributed by atoms with van der Waals surface area (Å²) in [7, 11) is 0. The lowest BCUT2D eigenvalue weighted by molar-refractivity contribution is -0.140. The average Bonchev–Trinajstić information content (AvgIpc) is 3.56. The highest BCUT2D eigenvalue weighted by atomic mass is 16.6. The maximum atomic E-state index is 13.7. The van der Waals surface area contributed by atoms with Crippen molar-refractivity contribution in [2.75, 3.05) is 18.5 Å². The number of benzene rings is 4. The molecular formula is C41H44N4O6. The third-order valence-corrected chi connectivity index (χ3v) is 8.59. The first-order valence-corrected chi connectivity index (χ1v) is 17.0. The van der Waals surface area contributed by atoms with E-state index in [9.17, 15) is 25.7 Å². The van der Waals surface area contributed by atoms with Crippen LogP contribution in [0.2, 0.25) is 0 Å². The number of rotatable bonds is 16. The van der Waals surface area contributed by atoms with Gasteiger partial charge in [0, 0.05) is 31.9 Å². The van der Waals surface area contributed by atoms with Gasteiger partial charge >= 0.3 is 12.1 Å². The van der Waals surface area contributed by atoms with Gasteiger partial charge in [-0.25, -0.2) is 14.5 Å². The van der Waals surface area contributed by atoms with Crippen LogP contribution in [-0.2, 0) is 25.7 Å². The molecule has 0 bridgehead atoms. The molecule has 4 aromatic rings. The average molecular weight is 691 g/mol. The van der Waals surface area contributed by atoms with E-state index in [1.165, 1.54) is 12.5 Å². The predicted octanol–water partition coefficient (Wildman–Crippen LogP) is 6.87. The molecule has 1 heterocycles. The summed E-state index contributed by atoms with van der Waals surface area (Å²) in [5, 5.41) is 16.9. The van der Waals surface area contributed by atoms with Crippen molar-refractivity contribution in [2.24, 2.45) is 16.8 Å². The molecular weight excluding hydrogens is 644 g/mol. The highest BCUT2D eigenvalue weighted by molar-refractivity contribution is 6.17. The third kappa shape index (κ3) is 9.98. The van der Waals surface area contributed by atoms with E-state index in [-0.39, 0.29) is 30.6 Å². The van der Waals surface area contributed by atoms with Gasteiger partial charge in [-0.3, -0.25) is 14.6 Å². The number of cyclic esters (lactones) is 1. The van der Waals surface area contributed by atoms with Crippen molar-refractivity contribution in [1.29, 1.82) is 0 Å². The van der Waals surface area contributed by atoms with Crippen molar-refractivity contribution >= 4 is 35.3 Å². The summed E-state index contributed by atoms with van der Waals surface area (Å²) in [5.74, 6) is -4.42. The van der Waals surface area contributed by atoms with Crippen molar-refractivity contribution in [2.45, 2.75) is 51.7 Å². The molecule has 0 spiro atoms. The van der Waals surface area contributed by atoms with E-state index in [0.29, 0.717) is 22.4 Å². The van der Waals surface area contributed by atoms with Crippen LogP contribution in [0.5, 0.6) is 0 Å². The van der Waals surface area contributed by atoms with Crippen LogP contribution in [0, 0.1) is 11.8 Å². The normalized spacial score (nSPS) is 18.0. The lowest BCUT2D eigenvalue weighted by Gasteiger charge is -2.24. The minimum Gasteiger partial charge on any atom is -0.480 e. The first-order valence-electron chi connectivity index (χ1n) is 18.1. The molecule has 51 heavy (non-hydrogen) atoms. The van der Waals surface area contributed by atoms with Crippen LogP contribution in [0.4, 0.5) is 10.5 Å². The lowest BCUT2D eigenvalue weighted by atomic mass is 9.95. The second-order valence-electron chi connectivity index (χ2n) is 12.5. The van der Waals surface area contributed by atoms with Crippen LogP contribution in [0.15, 0.2) is 120 Å². The van der Waals surface area contributed by atoms with Crippen molar-refractivity contribution < 1.29 is 31.8 Å². The van der Waals surface area contributed by atoms with E-state index in [1.54, 1.807) is 84.9 Å². The molecule has 10 heteroatoms. The number of para-hydroxylation sites is 1. The third-order valence-electron chi connectivity index (χ3n) is 8.59. The summed E-state index contributed by atoms with van der Waals surface area (Å²) in [5.41, 5.74) is 3.04. The number of hydrogen-bond acceptors (Lipinski definition) is 7. The molecule has 264 valence electrons. The topological polar surface area (TPSA) is 137 Å². The Balaban J connectivity index is 1.38. The molecule has 0 saturated carbocycles. The van der Waals surface area contributed by atoms with E-state index in [1.807, 2.05) is 37.3 Å². The number of aliphatic carboxylic acids is 1. The second-order valence-corrected chi connectivity index (χ2v) is 12.5. The van der Waals surface area contributed by atoms with Crippen LogP contribution in [0.25, 0.3) is 0 Å². The molecule has 1 aliphatic heterocycles. The van der Waals surface area contributed by atoms with Gasteiger partial charge in [-0.1, -0.05) is 123 Å². The number of anilines is 1. The predicted molar refractivity (Wildman–Crippen MR) is 196 cm³/mol. The number of nitrogens with zero attached hydrogens (tertiary/aromatic N) is 2. The summed E-state index contributed by atoms with van der Waals surface area (Å²) in [6, 6.07) is 30.6. The molecule has 0 aromatic heterocycles. The molecule has 10 nitrogen and oxygen atoms in total. The Morgan fingerprint density at radius 3 is 2.25 bits per heavy atom. The summed E-state index contributed by atoms with van der Waals surface area (Å²) in [6.07, 6.45) is -1.82. The molecule has 0 unspecified atom stereocenters. The van der Waals surface area contributed by atoms with Gasteiger partial charge in [0.05, 0.1) is 12.8 Å². The maximum Gasteiger partial charge on any atom is 0.417 e. The van der Waals surface area contributed by atoms with Gasteiger partial charge in [-0.2, -0.15) is 0 Å². The van der Waals surface area contributed by atoms with Gasteiger partial charge in [0.2, 0.25) is 11.8 Å². The van der Waals surface area contributed by atoms with Crippen molar-refractivity contribution in [3.63, 3.8) is 0 Å². The molecule has 3 N–H and O–H groups in total. The minimum atomic E-state index is -2.77. The Kier molecular flexibility index (Phi) is 11.9. The number of imide groups is 1. The van der Waals surface area contributed by atoms with Crippen LogP contribution in [0.3, 0.4) is 0 Å². The standard InChI is InChI=1S/C41H44N4O6/c1-28(22-23-42-26-30-14-6-3-7-15-30)24-36(46)43-34-21-13-12-20-33(34)39(32-18-10-5-11-19-32)44-38(40(48)49)29(2)25-37(47)45-35(27-51-41(45)50)31-16-8-4-9-17-31/h3-21,28-29,35,38,42H,22-27H2,1-2H3,(H,43,46)(H,48,49)/t28-,29+,35-,38-/m0/s1/i25D,38D/t25-,28-,29+,35-,38-. The second kappa shape index (κ2) is 17.9. The smallest absolute Gasteiger partial charge is 0.417 e. The molecule has 0 aliphatic carbocycles. The number of nitrogens with one attached hydrogen (secondary N) is 2.